The number of nitrogens with zero attached hydrogens (tertiary/aromatic N) is 1. The minimum Gasteiger partial charge on any atom is -0.302 e. The summed E-state index contributed by atoms with van der Waals surface area (Å²) in [5.74, 6) is 0.746. The molecule has 90 valence electrons. The lowest BCUT2D eigenvalue weighted by molar-refractivity contribution is 0.327. The fourth-order valence-electron chi connectivity index (χ4n) is 1.88. The van der Waals surface area contributed by atoms with Crippen LogP contribution in [0.3, 0.4) is 0 Å². The number of hydrogen-bond acceptors (Lipinski definition) is 1. The van der Waals surface area contributed by atoms with E-state index in [9.17, 15) is 0 Å². The summed E-state index contributed by atoms with van der Waals surface area (Å²) in [6.45, 7) is 8.67. The van der Waals surface area contributed by atoms with Gasteiger partial charge in [0.2, 0.25) is 0 Å². The van der Waals surface area contributed by atoms with E-state index in [2.05, 4.69) is 44.9 Å². The molecule has 2 heteroatoms. The van der Waals surface area contributed by atoms with Gasteiger partial charge >= 0.3 is 0 Å². The predicted molar refractivity (Wildman–Crippen MR) is 72.3 cm³/mol. The Labute approximate surface area is 104 Å². The van der Waals surface area contributed by atoms with E-state index in [-0.39, 0.29) is 0 Å². The molecule has 0 fully saturated rings. The highest BCUT2D eigenvalue weighted by Gasteiger charge is 2.06. The number of hydrogen-bond donors (Lipinski definition) is 0. The largest absolute Gasteiger partial charge is 0.302 e. The maximum atomic E-state index is 5.70. The van der Waals surface area contributed by atoms with Crippen LogP contribution in [0, 0.1) is 20.8 Å². The average Bonchev–Trinajstić information content (AvgIpc) is 2.27. The smallest absolute Gasteiger partial charge is 0.0235 e. The number of rotatable bonds is 5. The van der Waals surface area contributed by atoms with E-state index in [1.165, 1.54) is 22.3 Å². The van der Waals surface area contributed by atoms with Gasteiger partial charge in [-0.25, -0.2) is 0 Å². The van der Waals surface area contributed by atoms with Gasteiger partial charge < -0.3 is 4.90 Å². The molecule has 0 aromatic heterocycles. The summed E-state index contributed by atoms with van der Waals surface area (Å²) in [5, 5.41) is 0. The number of halogens is 1. The molecule has 0 aliphatic heterocycles. The molecule has 0 amide bonds. The molecular formula is C14H22ClN. The first-order chi connectivity index (χ1) is 7.56. The Morgan fingerprint density at radius 3 is 2.44 bits per heavy atom. The van der Waals surface area contributed by atoms with Gasteiger partial charge in [-0.1, -0.05) is 12.1 Å². The minimum atomic E-state index is 0.746. The van der Waals surface area contributed by atoms with Crippen LogP contribution in [-0.2, 0) is 6.54 Å². The first kappa shape index (κ1) is 13.5. The predicted octanol–water partition coefficient (Wildman–Crippen LogP) is 3.67. The second-order valence-corrected chi connectivity index (χ2v) is 4.95. The van der Waals surface area contributed by atoms with Crippen LogP contribution in [-0.4, -0.2) is 24.4 Å². The average molecular weight is 240 g/mol. The van der Waals surface area contributed by atoms with Crippen LogP contribution in [0.1, 0.15) is 28.7 Å². The second-order valence-electron chi connectivity index (χ2n) is 4.57. The summed E-state index contributed by atoms with van der Waals surface area (Å²) in [6.07, 6.45) is 1.06. The fraction of sp³-hybridized carbons (Fsp3) is 0.571. The van der Waals surface area contributed by atoms with Crippen molar-refractivity contribution >= 4 is 11.6 Å². The Morgan fingerprint density at radius 2 is 1.81 bits per heavy atom. The van der Waals surface area contributed by atoms with Crippen LogP contribution in [0.5, 0.6) is 0 Å². The van der Waals surface area contributed by atoms with Gasteiger partial charge in [0.1, 0.15) is 0 Å². The molecule has 0 saturated carbocycles. The van der Waals surface area contributed by atoms with Gasteiger partial charge in [0.15, 0.2) is 0 Å². The quantitative estimate of drug-likeness (QED) is 0.709. The molecule has 1 nitrogen and oxygen atoms in total. The van der Waals surface area contributed by atoms with E-state index in [1.807, 2.05) is 0 Å². The lowest BCUT2D eigenvalue weighted by atomic mass is 9.98. The third-order valence-electron chi connectivity index (χ3n) is 3.28. The summed E-state index contributed by atoms with van der Waals surface area (Å²) in [6, 6.07) is 4.46. The molecule has 0 heterocycles. The van der Waals surface area contributed by atoms with Gasteiger partial charge in [-0.3, -0.25) is 0 Å². The van der Waals surface area contributed by atoms with E-state index in [4.69, 9.17) is 11.6 Å². The first-order valence-electron chi connectivity index (χ1n) is 5.86. The summed E-state index contributed by atoms with van der Waals surface area (Å²) in [4.78, 5) is 2.33. The Hall–Kier alpha value is -0.530. The van der Waals surface area contributed by atoms with Crippen molar-refractivity contribution in [3.8, 4) is 0 Å². The Balaban J connectivity index is 2.70. The molecule has 0 saturated heterocycles. The molecule has 0 spiro atoms. The van der Waals surface area contributed by atoms with E-state index in [1.54, 1.807) is 0 Å². The fourth-order valence-corrected chi connectivity index (χ4v) is 2.00. The van der Waals surface area contributed by atoms with Crippen LogP contribution in [0.15, 0.2) is 12.1 Å². The van der Waals surface area contributed by atoms with Crippen molar-refractivity contribution in [2.24, 2.45) is 0 Å². The molecule has 0 radical (unpaired) electrons. The minimum absolute atomic E-state index is 0.746. The van der Waals surface area contributed by atoms with Crippen LogP contribution in [0.2, 0.25) is 0 Å². The normalized spacial score (nSPS) is 11.1. The third kappa shape index (κ3) is 3.50. The van der Waals surface area contributed by atoms with Gasteiger partial charge in [-0.15, -0.1) is 11.6 Å². The topological polar surface area (TPSA) is 3.24 Å². The van der Waals surface area contributed by atoms with Crippen LogP contribution in [0.25, 0.3) is 0 Å². The molecule has 0 aliphatic rings. The van der Waals surface area contributed by atoms with Crippen molar-refractivity contribution in [3.05, 3.63) is 34.4 Å². The lowest BCUT2D eigenvalue weighted by Gasteiger charge is -2.19. The SMILES string of the molecule is Cc1ccc(CN(C)CCCCl)c(C)c1C. The van der Waals surface area contributed by atoms with Gasteiger partial charge in [0.05, 0.1) is 0 Å². The molecule has 0 N–H and O–H groups in total. The summed E-state index contributed by atoms with van der Waals surface area (Å²) >= 11 is 5.70. The number of aryl methyl sites for hydroxylation is 1. The van der Waals surface area contributed by atoms with Gasteiger partial charge in [-0.05, 0) is 63.0 Å². The van der Waals surface area contributed by atoms with Gasteiger partial charge in [-0.2, -0.15) is 0 Å². The Kier molecular flexibility index (Phi) is 5.30. The van der Waals surface area contributed by atoms with E-state index < -0.39 is 0 Å². The van der Waals surface area contributed by atoms with E-state index in [0.717, 1.165) is 25.4 Å². The highest BCUT2D eigenvalue weighted by Crippen LogP contribution is 2.18. The van der Waals surface area contributed by atoms with E-state index >= 15 is 0 Å². The van der Waals surface area contributed by atoms with Crippen LogP contribution in [0.4, 0.5) is 0 Å². The number of benzene rings is 1. The van der Waals surface area contributed by atoms with Crippen molar-refractivity contribution < 1.29 is 0 Å². The zero-order chi connectivity index (χ0) is 12.1. The lowest BCUT2D eigenvalue weighted by Crippen LogP contribution is -2.20. The van der Waals surface area contributed by atoms with Gasteiger partial charge in [0, 0.05) is 12.4 Å². The monoisotopic (exact) mass is 239 g/mol. The Morgan fingerprint density at radius 1 is 1.12 bits per heavy atom. The van der Waals surface area contributed by atoms with Crippen LogP contribution < -0.4 is 0 Å². The van der Waals surface area contributed by atoms with Crippen molar-refractivity contribution in [3.63, 3.8) is 0 Å². The summed E-state index contributed by atoms with van der Waals surface area (Å²) < 4.78 is 0. The maximum Gasteiger partial charge on any atom is 0.0235 e. The standard InChI is InChI=1S/C14H22ClN/c1-11-6-7-14(13(3)12(11)2)10-16(4)9-5-8-15/h6-7H,5,8-10H2,1-4H3. The van der Waals surface area contributed by atoms with Gasteiger partial charge in [0.25, 0.3) is 0 Å². The molecule has 0 atom stereocenters. The summed E-state index contributed by atoms with van der Waals surface area (Å²) in [7, 11) is 2.15. The Bertz CT molecular complexity index is 347. The van der Waals surface area contributed by atoms with Crippen molar-refractivity contribution in [1.82, 2.24) is 4.90 Å². The molecule has 0 aliphatic carbocycles. The molecule has 1 rings (SSSR count). The second kappa shape index (κ2) is 6.27. The van der Waals surface area contributed by atoms with Crippen molar-refractivity contribution in [1.29, 1.82) is 0 Å². The molecule has 1 aromatic carbocycles. The molecule has 0 unspecified atom stereocenters. The highest BCUT2D eigenvalue weighted by molar-refractivity contribution is 6.17. The van der Waals surface area contributed by atoms with Crippen molar-refractivity contribution in [2.45, 2.75) is 33.7 Å². The molecule has 0 bridgehead atoms. The maximum absolute atomic E-state index is 5.70. The zero-order valence-corrected chi connectivity index (χ0v) is 11.6. The molecule has 16 heavy (non-hydrogen) atoms. The first-order valence-corrected chi connectivity index (χ1v) is 6.40. The zero-order valence-electron chi connectivity index (χ0n) is 10.8. The summed E-state index contributed by atoms with van der Waals surface area (Å²) in [5.41, 5.74) is 5.66. The highest BCUT2D eigenvalue weighted by atomic mass is 35.5. The van der Waals surface area contributed by atoms with Crippen molar-refractivity contribution in [2.75, 3.05) is 19.5 Å². The molecular weight excluding hydrogens is 218 g/mol. The van der Waals surface area contributed by atoms with E-state index in [0.29, 0.717) is 0 Å². The third-order valence-corrected chi connectivity index (χ3v) is 3.55. The van der Waals surface area contributed by atoms with Crippen LogP contribution >= 0.6 is 11.6 Å². The number of alkyl halides is 1. The molecule has 1 aromatic rings.